The minimum atomic E-state index is -0.668. The van der Waals surface area contributed by atoms with Crippen LogP contribution in [0.15, 0.2) is 91.0 Å². The van der Waals surface area contributed by atoms with Crippen molar-refractivity contribution in [3.8, 4) is 0 Å². The van der Waals surface area contributed by atoms with Gasteiger partial charge in [-0.05, 0) is 52.4 Å². The van der Waals surface area contributed by atoms with Crippen LogP contribution >= 0.6 is 23.2 Å². The number of carbonyl (C=O) groups is 2. The number of aryl methyl sites for hydroxylation is 1. The largest absolute Gasteiger partial charge is 0.354 e. The standard InChI is InChI=1S/C33H34Cl2N2O2/c1-2-3-20-36-33(39)31(22-24-10-5-4-6-11-24)37(23-25-16-18-29(34)30(35)21-25)32(38)19-17-27-14-9-13-26-12-7-8-15-28(26)27/h4-16,18,21,31H,2-3,17,19-20,22-23H2,1H3,(H,36,39)/t31-/m1/s1. The summed E-state index contributed by atoms with van der Waals surface area (Å²) in [7, 11) is 0. The number of fused-ring (bicyclic) bond motifs is 1. The highest BCUT2D eigenvalue weighted by atomic mass is 35.5. The van der Waals surface area contributed by atoms with Crippen molar-refractivity contribution in [2.45, 2.75) is 51.6 Å². The summed E-state index contributed by atoms with van der Waals surface area (Å²) >= 11 is 12.5. The van der Waals surface area contributed by atoms with Crippen LogP contribution in [0.2, 0.25) is 10.0 Å². The summed E-state index contributed by atoms with van der Waals surface area (Å²) in [4.78, 5) is 29.2. The minimum absolute atomic E-state index is 0.0828. The molecule has 0 unspecified atom stereocenters. The highest BCUT2D eigenvalue weighted by Gasteiger charge is 2.30. The quantitative estimate of drug-likeness (QED) is 0.181. The van der Waals surface area contributed by atoms with Crippen LogP contribution in [-0.2, 0) is 29.0 Å². The van der Waals surface area contributed by atoms with Crippen molar-refractivity contribution >= 4 is 45.8 Å². The molecule has 0 saturated heterocycles. The zero-order chi connectivity index (χ0) is 27.6. The summed E-state index contributed by atoms with van der Waals surface area (Å²) < 4.78 is 0. The molecule has 2 amide bonds. The lowest BCUT2D eigenvalue weighted by Gasteiger charge is -2.32. The van der Waals surface area contributed by atoms with Gasteiger partial charge in [-0.15, -0.1) is 0 Å². The van der Waals surface area contributed by atoms with Crippen molar-refractivity contribution in [1.82, 2.24) is 10.2 Å². The second-order valence-corrected chi connectivity index (χ2v) is 10.6. The van der Waals surface area contributed by atoms with Gasteiger partial charge in [0.25, 0.3) is 0 Å². The van der Waals surface area contributed by atoms with Gasteiger partial charge >= 0.3 is 0 Å². The first-order valence-corrected chi connectivity index (χ1v) is 14.2. The van der Waals surface area contributed by atoms with Crippen LogP contribution in [0.5, 0.6) is 0 Å². The molecule has 4 aromatic carbocycles. The molecule has 6 heteroatoms. The number of carbonyl (C=O) groups excluding carboxylic acids is 2. The van der Waals surface area contributed by atoms with Gasteiger partial charge in [0, 0.05) is 25.9 Å². The fraction of sp³-hybridized carbons (Fsp3) is 0.273. The molecule has 0 saturated carbocycles. The highest BCUT2D eigenvalue weighted by molar-refractivity contribution is 6.42. The number of hydrogen-bond acceptors (Lipinski definition) is 2. The van der Waals surface area contributed by atoms with Crippen LogP contribution in [0.1, 0.15) is 42.9 Å². The molecular weight excluding hydrogens is 527 g/mol. The number of halogens is 2. The molecule has 0 aliphatic heterocycles. The Balaban J connectivity index is 1.64. The number of hydrogen-bond donors (Lipinski definition) is 1. The average molecular weight is 562 g/mol. The first-order valence-electron chi connectivity index (χ1n) is 13.5. The molecule has 202 valence electrons. The van der Waals surface area contributed by atoms with Gasteiger partial charge in [0.15, 0.2) is 0 Å². The lowest BCUT2D eigenvalue weighted by atomic mass is 9.99. The summed E-state index contributed by atoms with van der Waals surface area (Å²) in [6.45, 7) is 2.91. The fourth-order valence-corrected chi connectivity index (χ4v) is 5.11. The van der Waals surface area contributed by atoms with Gasteiger partial charge < -0.3 is 10.2 Å². The molecule has 0 bridgehead atoms. The number of amides is 2. The smallest absolute Gasteiger partial charge is 0.243 e. The summed E-state index contributed by atoms with van der Waals surface area (Å²) in [5, 5.41) is 6.22. The molecular formula is C33H34Cl2N2O2. The Bertz CT molecular complexity index is 1400. The zero-order valence-corrected chi connectivity index (χ0v) is 23.7. The SMILES string of the molecule is CCCCNC(=O)[C@@H](Cc1ccccc1)N(Cc1ccc(Cl)c(Cl)c1)C(=O)CCc1cccc2ccccc12. The first kappa shape index (κ1) is 28.7. The Morgan fingerprint density at radius 2 is 1.59 bits per heavy atom. The lowest BCUT2D eigenvalue weighted by Crippen LogP contribution is -2.50. The molecule has 39 heavy (non-hydrogen) atoms. The Morgan fingerprint density at radius 3 is 2.36 bits per heavy atom. The molecule has 0 aliphatic rings. The van der Waals surface area contributed by atoms with Crippen LogP contribution < -0.4 is 5.32 Å². The van der Waals surface area contributed by atoms with E-state index in [9.17, 15) is 9.59 Å². The van der Waals surface area contributed by atoms with Crippen molar-refractivity contribution in [3.63, 3.8) is 0 Å². The van der Waals surface area contributed by atoms with Crippen molar-refractivity contribution < 1.29 is 9.59 Å². The van der Waals surface area contributed by atoms with E-state index in [-0.39, 0.29) is 24.8 Å². The van der Waals surface area contributed by atoms with Crippen molar-refractivity contribution in [2.24, 2.45) is 0 Å². The zero-order valence-electron chi connectivity index (χ0n) is 22.2. The topological polar surface area (TPSA) is 49.4 Å². The molecule has 1 N–H and O–H groups in total. The number of unbranched alkanes of at least 4 members (excludes halogenated alkanes) is 1. The normalized spacial score (nSPS) is 11.8. The Labute approximate surface area is 240 Å². The number of benzene rings is 4. The van der Waals surface area contributed by atoms with Gasteiger partial charge in [0.2, 0.25) is 11.8 Å². The maximum absolute atomic E-state index is 14.0. The van der Waals surface area contributed by atoms with E-state index in [1.54, 1.807) is 17.0 Å². The van der Waals surface area contributed by atoms with E-state index in [4.69, 9.17) is 23.2 Å². The maximum Gasteiger partial charge on any atom is 0.243 e. The van der Waals surface area contributed by atoms with E-state index in [1.165, 1.54) is 0 Å². The van der Waals surface area contributed by atoms with E-state index in [1.807, 2.05) is 54.6 Å². The summed E-state index contributed by atoms with van der Waals surface area (Å²) in [6.07, 6.45) is 3.13. The third-order valence-corrected chi connectivity index (χ3v) is 7.66. The molecule has 0 fully saturated rings. The van der Waals surface area contributed by atoms with Crippen molar-refractivity contribution in [3.05, 3.63) is 118 Å². The molecule has 4 aromatic rings. The fourth-order valence-electron chi connectivity index (χ4n) is 4.79. The number of rotatable bonds is 12. The molecule has 4 rings (SSSR count). The Hall–Kier alpha value is -3.34. The molecule has 1 atom stereocenters. The second-order valence-electron chi connectivity index (χ2n) is 9.76. The molecule has 0 radical (unpaired) electrons. The molecule has 0 aliphatic carbocycles. The average Bonchev–Trinajstić information content (AvgIpc) is 2.96. The van der Waals surface area contributed by atoms with E-state index >= 15 is 0 Å². The van der Waals surface area contributed by atoms with Gasteiger partial charge in [0.1, 0.15) is 6.04 Å². The van der Waals surface area contributed by atoms with Crippen LogP contribution in [-0.4, -0.2) is 29.3 Å². The third kappa shape index (κ3) is 7.84. The first-order chi connectivity index (χ1) is 19.0. The Kier molecular flexibility index (Phi) is 10.4. The maximum atomic E-state index is 14.0. The number of nitrogens with one attached hydrogen (secondary N) is 1. The predicted octanol–water partition coefficient (Wildman–Crippen LogP) is 7.64. The van der Waals surface area contributed by atoms with Gasteiger partial charge in [-0.2, -0.15) is 0 Å². The summed E-state index contributed by atoms with van der Waals surface area (Å²) in [5.41, 5.74) is 2.93. The predicted molar refractivity (Wildman–Crippen MR) is 161 cm³/mol. The van der Waals surface area contributed by atoms with E-state index in [0.717, 1.165) is 40.3 Å². The molecule has 4 nitrogen and oxygen atoms in total. The third-order valence-electron chi connectivity index (χ3n) is 6.93. The number of nitrogens with zero attached hydrogens (tertiary/aromatic N) is 1. The van der Waals surface area contributed by atoms with E-state index in [2.05, 4.69) is 36.5 Å². The molecule has 0 aromatic heterocycles. The van der Waals surface area contributed by atoms with Crippen LogP contribution in [0.25, 0.3) is 10.8 Å². The molecule has 0 spiro atoms. The van der Waals surface area contributed by atoms with E-state index in [0.29, 0.717) is 29.4 Å². The van der Waals surface area contributed by atoms with Crippen LogP contribution in [0, 0.1) is 0 Å². The lowest BCUT2D eigenvalue weighted by molar-refractivity contribution is -0.141. The van der Waals surface area contributed by atoms with Crippen molar-refractivity contribution in [1.29, 1.82) is 0 Å². The van der Waals surface area contributed by atoms with Crippen molar-refractivity contribution in [2.75, 3.05) is 6.54 Å². The monoisotopic (exact) mass is 560 g/mol. The van der Waals surface area contributed by atoms with Crippen LogP contribution in [0.3, 0.4) is 0 Å². The summed E-state index contributed by atoms with van der Waals surface area (Å²) in [5.74, 6) is -0.230. The molecule has 0 heterocycles. The van der Waals surface area contributed by atoms with Gasteiger partial charge in [0.05, 0.1) is 10.0 Å². The van der Waals surface area contributed by atoms with Gasteiger partial charge in [-0.25, -0.2) is 0 Å². The second kappa shape index (κ2) is 14.2. The Morgan fingerprint density at radius 1 is 0.846 bits per heavy atom. The van der Waals surface area contributed by atoms with Gasteiger partial charge in [-0.3, -0.25) is 9.59 Å². The van der Waals surface area contributed by atoms with Crippen LogP contribution in [0.4, 0.5) is 0 Å². The summed E-state index contributed by atoms with van der Waals surface area (Å²) in [6, 6.07) is 28.9. The van der Waals surface area contributed by atoms with E-state index < -0.39 is 6.04 Å². The van der Waals surface area contributed by atoms with Gasteiger partial charge in [-0.1, -0.05) is 115 Å². The highest BCUT2D eigenvalue weighted by Crippen LogP contribution is 2.25. The minimum Gasteiger partial charge on any atom is -0.354 e.